The van der Waals surface area contributed by atoms with Gasteiger partial charge in [0.05, 0.1) is 34.6 Å². The van der Waals surface area contributed by atoms with E-state index >= 15 is 0 Å². The number of nitrogens with zero attached hydrogens (tertiary/aromatic N) is 5. The Morgan fingerprint density at radius 3 is 2.27 bits per heavy atom. The summed E-state index contributed by atoms with van der Waals surface area (Å²) in [6, 6.07) is 20.1. The van der Waals surface area contributed by atoms with Gasteiger partial charge in [-0.1, -0.05) is 12.1 Å². The maximum Gasteiger partial charge on any atom is 0.274 e. The maximum absolute atomic E-state index is 13.1. The van der Waals surface area contributed by atoms with Gasteiger partial charge in [-0.3, -0.25) is 4.79 Å². The largest absolute Gasteiger partial charge is 0.336 e. The lowest BCUT2D eigenvalue weighted by atomic mass is 10.1. The van der Waals surface area contributed by atoms with Crippen LogP contribution in [0.5, 0.6) is 0 Å². The van der Waals surface area contributed by atoms with Gasteiger partial charge in [0.1, 0.15) is 0 Å². The number of rotatable bonds is 3. The summed E-state index contributed by atoms with van der Waals surface area (Å²) in [6.07, 6.45) is 1.80. The van der Waals surface area contributed by atoms with Gasteiger partial charge >= 0.3 is 0 Å². The van der Waals surface area contributed by atoms with E-state index in [9.17, 15) is 4.79 Å². The van der Waals surface area contributed by atoms with E-state index in [0.29, 0.717) is 29.9 Å². The van der Waals surface area contributed by atoms with Gasteiger partial charge in [0.2, 0.25) is 0 Å². The van der Waals surface area contributed by atoms with E-state index in [1.165, 1.54) is 0 Å². The van der Waals surface area contributed by atoms with E-state index in [0.717, 1.165) is 29.8 Å². The van der Waals surface area contributed by atoms with Crippen LogP contribution < -0.4 is 5.73 Å². The van der Waals surface area contributed by atoms with Crippen molar-refractivity contribution >= 4 is 5.91 Å². The summed E-state index contributed by atoms with van der Waals surface area (Å²) in [5.41, 5.74) is 9.79. The zero-order valence-corrected chi connectivity index (χ0v) is 16.3. The molecule has 1 saturated heterocycles. The molecule has 0 spiro atoms. The molecule has 3 aromatic rings. The highest BCUT2D eigenvalue weighted by molar-refractivity contribution is 5.93. The molecule has 2 N–H and O–H groups in total. The first-order chi connectivity index (χ1) is 14.6. The van der Waals surface area contributed by atoms with Crippen molar-refractivity contribution in [2.45, 2.75) is 18.9 Å². The lowest BCUT2D eigenvalue weighted by Crippen LogP contribution is -2.45. The number of piperidine rings is 1. The maximum atomic E-state index is 13.1. The molecule has 1 amide bonds. The summed E-state index contributed by atoms with van der Waals surface area (Å²) >= 11 is 0. The van der Waals surface area contributed by atoms with Crippen molar-refractivity contribution in [1.29, 1.82) is 10.5 Å². The van der Waals surface area contributed by atoms with Crippen LogP contribution in [0.15, 0.2) is 54.6 Å². The second kappa shape index (κ2) is 8.20. The molecule has 4 rings (SSSR count). The summed E-state index contributed by atoms with van der Waals surface area (Å²) in [4.78, 5) is 14.8. The van der Waals surface area contributed by atoms with E-state index < -0.39 is 0 Å². The molecule has 1 atom stereocenters. The van der Waals surface area contributed by atoms with Gasteiger partial charge in [0.25, 0.3) is 5.91 Å². The van der Waals surface area contributed by atoms with Crippen molar-refractivity contribution in [3.63, 3.8) is 0 Å². The number of carbonyl (C=O) groups is 1. The molecule has 2 aromatic carbocycles. The van der Waals surface area contributed by atoms with Crippen molar-refractivity contribution in [3.05, 3.63) is 71.4 Å². The Hall–Kier alpha value is -3.94. The van der Waals surface area contributed by atoms with Crippen molar-refractivity contribution in [3.8, 4) is 29.1 Å². The number of nitrogens with two attached hydrogens (primary N) is 1. The molecule has 0 radical (unpaired) electrons. The molecule has 1 aliphatic heterocycles. The lowest BCUT2D eigenvalue weighted by molar-refractivity contribution is 0.0702. The van der Waals surface area contributed by atoms with Crippen LogP contribution in [0.2, 0.25) is 0 Å². The summed E-state index contributed by atoms with van der Waals surface area (Å²) in [5.74, 6) is -0.146. The standard InChI is InChI=1S/C23H20N6O/c24-13-16-3-7-18(8-4-16)22-12-21(23(30)28-11-1-2-19(26)15-28)27-29(22)20-9-5-17(14-25)6-10-20/h3-10,12,19H,1-2,11,15,26H2/t19-/m1/s1. The molecule has 148 valence electrons. The van der Waals surface area contributed by atoms with Crippen LogP contribution in [0, 0.1) is 22.7 Å². The third kappa shape index (κ3) is 3.80. The number of benzene rings is 2. The first kappa shape index (κ1) is 19.4. The predicted molar refractivity (Wildman–Crippen MR) is 112 cm³/mol. The average molecular weight is 396 g/mol. The Kier molecular flexibility index (Phi) is 5.30. The van der Waals surface area contributed by atoms with Crippen molar-refractivity contribution in [2.75, 3.05) is 13.1 Å². The highest BCUT2D eigenvalue weighted by Crippen LogP contribution is 2.26. The molecule has 7 heteroatoms. The number of carbonyl (C=O) groups excluding carboxylic acids is 1. The fraction of sp³-hybridized carbons (Fsp3) is 0.217. The van der Waals surface area contributed by atoms with Crippen LogP contribution in [0.1, 0.15) is 34.5 Å². The molecule has 7 nitrogen and oxygen atoms in total. The molecule has 1 fully saturated rings. The Labute approximate surface area is 174 Å². The molecule has 1 aliphatic rings. The topological polar surface area (TPSA) is 112 Å². The fourth-order valence-electron chi connectivity index (χ4n) is 3.64. The van der Waals surface area contributed by atoms with Crippen LogP contribution in [0.4, 0.5) is 0 Å². The summed E-state index contributed by atoms with van der Waals surface area (Å²) in [6.45, 7) is 1.19. The quantitative estimate of drug-likeness (QED) is 0.732. The van der Waals surface area contributed by atoms with Gasteiger partial charge in [0, 0.05) is 24.7 Å². The Balaban J connectivity index is 1.77. The zero-order chi connectivity index (χ0) is 21.1. The van der Waals surface area contributed by atoms with Crippen LogP contribution in [0.25, 0.3) is 16.9 Å². The third-order valence-electron chi connectivity index (χ3n) is 5.22. The Bertz CT molecular complexity index is 1070. The molecular weight excluding hydrogens is 376 g/mol. The second-order valence-electron chi connectivity index (χ2n) is 7.33. The number of likely N-dealkylation sites (tertiary alicyclic amines) is 1. The average Bonchev–Trinajstić information content (AvgIpc) is 3.24. The van der Waals surface area contributed by atoms with E-state index in [4.69, 9.17) is 16.3 Å². The van der Waals surface area contributed by atoms with Crippen molar-refractivity contribution < 1.29 is 4.79 Å². The number of amides is 1. The lowest BCUT2D eigenvalue weighted by Gasteiger charge is -2.30. The molecule has 30 heavy (non-hydrogen) atoms. The summed E-state index contributed by atoms with van der Waals surface area (Å²) < 4.78 is 1.69. The first-order valence-electron chi connectivity index (χ1n) is 9.75. The van der Waals surface area contributed by atoms with Gasteiger partial charge < -0.3 is 10.6 Å². The van der Waals surface area contributed by atoms with Gasteiger partial charge in [0.15, 0.2) is 5.69 Å². The molecule has 1 aromatic heterocycles. The van der Waals surface area contributed by atoms with E-state index in [1.54, 1.807) is 52.0 Å². The second-order valence-corrected chi connectivity index (χ2v) is 7.33. The minimum absolute atomic E-state index is 0.0127. The number of hydrogen-bond donors (Lipinski definition) is 1. The summed E-state index contributed by atoms with van der Waals surface area (Å²) in [7, 11) is 0. The minimum atomic E-state index is -0.146. The van der Waals surface area contributed by atoms with Crippen molar-refractivity contribution in [2.24, 2.45) is 5.73 Å². The minimum Gasteiger partial charge on any atom is -0.336 e. The third-order valence-corrected chi connectivity index (χ3v) is 5.22. The highest BCUT2D eigenvalue weighted by atomic mass is 16.2. The SMILES string of the molecule is N#Cc1ccc(-c2cc(C(=O)N3CCC[C@@H](N)C3)nn2-c2ccc(C#N)cc2)cc1. The Morgan fingerprint density at radius 2 is 1.67 bits per heavy atom. The first-order valence-corrected chi connectivity index (χ1v) is 9.75. The molecule has 0 unspecified atom stereocenters. The van der Waals surface area contributed by atoms with Crippen LogP contribution >= 0.6 is 0 Å². The molecule has 0 saturated carbocycles. The monoisotopic (exact) mass is 396 g/mol. The van der Waals surface area contributed by atoms with Crippen LogP contribution in [-0.2, 0) is 0 Å². The number of nitriles is 2. The van der Waals surface area contributed by atoms with E-state index in [1.807, 2.05) is 12.1 Å². The van der Waals surface area contributed by atoms with E-state index in [2.05, 4.69) is 17.2 Å². The molecule has 0 bridgehead atoms. The summed E-state index contributed by atoms with van der Waals surface area (Å²) in [5, 5.41) is 22.7. The van der Waals surface area contributed by atoms with Gasteiger partial charge in [-0.25, -0.2) is 4.68 Å². The highest BCUT2D eigenvalue weighted by Gasteiger charge is 2.25. The smallest absolute Gasteiger partial charge is 0.274 e. The molecule has 0 aliphatic carbocycles. The van der Waals surface area contributed by atoms with Crippen LogP contribution in [0.3, 0.4) is 0 Å². The fourth-order valence-corrected chi connectivity index (χ4v) is 3.64. The van der Waals surface area contributed by atoms with Gasteiger partial charge in [-0.05, 0) is 55.3 Å². The van der Waals surface area contributed by atoms with Crippen LogP contribution in [-0.4, -0.2) is 39.7 Å². The zero-order valence-electron chi connectivity index (χ0n) is 16.3. The van der Waals surface area contributed by atoms with E-state index in [-0.39, 0.29) is 11.9 Å². The molecular formula is C23H20N6O. The van der Waals surface area contributed by atoms with Gasteiger partial charge in [-0.2, -0.15) is 15.6 Å². The Morgan fingerprint density at radius 1 is 1.03 bits per heavy atom. The number of aromatic nitrogens is 2. The predicted octanol–water partition coefficient (Wildman–Crippen LogP) is 2.85. The van der Waals surface area contributed by atoms with Gasteiger partial charge in [-0.15, -0.1) is 0 Å². The number of hydrogen-bond acceptors (Lipinski definition) is 5. The van der Waals surface area contributed by atoms with Crippen molar-refractivity contribution in [1.82, 2.24) is 14.7 Å². The normalized spacial score (nSPS) is 16.0. The molecule has 2 heterocycles.